The Labute approximate surface area is 103 Å². The van der Waals surface area contributed by atoms with Gasteiger partial charge in [0.25, 0.3) is 0 Å². The molecule has 0 amide bonds. The fraction of sp³-hybridized carbons (Fsp3) is 0.500. The smallest absolute Gasteiger partial charge is 0.236 e. The quantitative estimate of drug-likeness (QED) is 0.814. The zero-order valence-electron chi connectivity index (χ0n) is 10.3. The number of rotatable bonds is 6. The van der Waals surface area contributed by atoms with Crippen LogP contribution in [0.3, 0.4) is 0 Å². The summed E-state index contributed by atoms with van der Waals surface area (Å²) in [4.78, 5) is 0. The second-order valence-electron chi connectivity index (χ2n) is 3.92. The maximum absolute atomic E-state index is 12.0. The van der Waals surface area contributed by atoms with Gasteiger partial charge in [-0.25, -0.2) is 8.42 Å². The minimum Gasteiger partial charge on any atom is -0.329 e. The molecule has 0 aliphatic carbocycles. The number of hydrogen-bond acceptors (Lipinski definition) is 3. The fourth-order valence-corrected chi connectivity index (χ4v) is 3.04. The van der Waals surface area contributed by atoms with Crippen molar-refractivity contribution in [2.24, 2.45) is 5.73 Å². The summed E-state index contributed by atoms with van der Waals surface area (Å²) in [5.74, 6) is 0. The van der Waals surface area contributed by atoms with E-state index in [1.54, 1.807) is 6.07 Å². The number of hydrogen-bond donors (Lipinski definition) is 2. The van der Waals surface area contributed by atoms with Crippen molar-refractivity contribution in [1.82, 2.24) is 0 Å². The minimum absolute atomic E-state index is 0.139. The number of nitrogens with two attached hydrogens (primary N) is 1. The van der Waals surface area contributed by atoms with Crippen LogP contribution in [0.25, 0.3) is 0 Å². The van der Waals surface area contributed by atoms with Gasteiger partial charge in [-0.3, -0.25) is 4.72 Å². The molecule has 1 rings (SSSR count). The van der Waals surface area contributed by atoms with Crippen LogP contribution >= 0.6 is 0 Å². The number of anilines is 1. The summed E-state index contributed by atoms with van der Waals surface area (Å²) in [5, 5.41) is -0.535. The van der Waals surface area contributed by atoms with Gasteiger partial charge >= 0.3 is 0 Å². The Morgan fingerprint density at radius 3 is 2.47 bits per heavy atom. The van der Waals surface area contributed by atoms with Crippen molar-refractivity contribution in [1.29, 1.82) is 0 Å². The highest BCUT2D eigenvalue weighted by Gasteiger charge is 2.22. The van der Waals surface area contributed by atoms with Gasteiger partial charge < -0.3 is 5.73 Å². The highest BCUT2D eigenvalue weighted by atomic mass is 32.2. The second kappa shape index (κ2) is 6.02. The second-order valence-corrected chi connectivity index (χ2v) is 5.88. The maximum atomic E-state index is 12.0. The molecule has 1 unspecified atom stereocenters. The molecule has 3 N–H and O–H groups in total. The van der Waals surface area contributed by atoms with Gasteiger partial charge in [0.1, 0.15) is 0 Å². The van der Waals surface area contributed by atoms with E-state index >= 15 is 0 Å². The van der Waals surface area contributed by atoms with Crippen molar-refractivity contribution in [3.05, 3.63) is 29.8 Å². The zero-order chi connectivity index (χ0) is 12.9. The summed E-state index contributed by atoms with van der Waals surface area (Å²) >= 11 is 0. The van der Waals surface area contributed by atoms with E-state index in [0.29, 0.717) is 12.1 Å². The summed E-state index contributed by atoms with van der Waals surface area (Å²) in [6, 6.07) is 7.41. The molecule has 1 atom stereocenters. The Morgan fingerprint density at radius 1 is 1.29 bits per heavy atom. The standard InChI is InChI=1S/C12H20N2O2S/c1-3-10-7-5-6-8-12(10)14-17(15,16)11(4-2)9-13/h5-8,11,14H,3-4,9,13H2,1-2H3. The van der Waals surface area contributed by atoms with Crippen LogP contribution in [0.5, 0.6) is 0 Å². The van der Waals surface area contributed by atoms with Crippen molar-refractivity contribution in [2.75, 3.05) is 11.3 Å². The van der Waals surface area contributed by atoms with E-state index in [1.165, 1.54) is 0 Å². The zero-order valence-corrected chi connectivity index (χ0v) is 11.1. The lowest BCUT2D eigenvalue weighted by Gasteiger charge is -2.17. The van der Waals surface area contributed by atoms with Gasteiger partial charge in [-0.05, 0) is 24.5 Å². The summed E-state index contributed by atoms with van der Waals surface area (Å²) in [6.07, 6.45) is 1.30. The predicted molar refractivity (Wildman–Crippen MR) is 71.5 cm³/mol. The van der Waals surface area contributed by atoms with Crippen LogP contribution in [0.1, 0.15) is 25.8 Å². The average molecular weight is 256 g/mol. The van der Waals surface area contributed by atoms with Crippen LogP contribution in [0, 0.1) is 0 Å². The van der Waals surface area contributed by atoms with Crippen molar-refractivity contribution >= 4 is 15.7 Å². The van der Waals surface area contributed by atoms with E-state index in [2.05, 4.69) is 4.72 Å². The first-order valence-electron chi connectivity index (χ1n) is 5.84. The van der Waals surface area contributed by atoms with E-state index in [-0.39, 0.29) is 6.54 Å². The van der Waals surface area contributed by atoms with Gasteiger partial charge in [0, 0.05) is 6.54 Å². The topological polar surface area (TPSA) is 72.2 Å². The number of aryl methyl sites for hydroxylation is 1. The molecule has 17 heavy (non-hydrogen) atoms. The van der Waals surface area contributed by atoms with Crippen molar-refractivity contribution in [3.63, 3.8) is 0 Å². The van der Waals surface area contributed by atoms with E-state index in [4.69, 9.17) is 5.73 Å². The molecule has 5 heteroatoms. The molecule has 0 spiro atoms. The molecule has 0 radical (unpaired) electrons. The van der Waals surface area contributed by atoms with Gasteiger partial charge in [-0.2, -0.15) is 0 Å². The minimum atomic E-state index is -3.38. The first-order valence-corrected chi connectivity index (χ1v) is 7.39. The van der Waals surface area contributed by atoms with Gasteiger partial charge in [-0.1, -0.05) is 32.0 Å². The molecular formula is C12H20N2O2S. The Bertz CT molecular complexity index is 453. The molecule has 0 saturated heterocycles. The Morgan fingerprint density at radius 2 is 1.94 bits per heavy atom. The van der Waals surface area contributed by atoms with Gasteiger partial charge in [-0.15, -0.1) is 0 Å². The molecular weight excluding hydrogens is 236 g/mol. The van der Waals surface area contributed by atoms with Crippen molar-refractivity contribution < 1.29 is 8.42 Å². The van der Waals surface area contributed by atoms with E-state index in [9.17, 15) is 8.42 Å². The summed E-state index contributed by atoms with van der Waals surface area (Å²) in [5.41, 5.74) is 7.12. The van der Waals surface area contributed by atoms with E-state index in [1.807, 2.05) is 32.0 Å². The molecule has 0 aliphatic rings. The molecule has 0 aromatic heterocycles. The third-order valence-corrected chi connectivity index (χ3v) is 4.72. The highest BCUT2D eigenvalue weighted by molar-refractivity contribution is 7.93. The Hall–Kier alpha value is -1.07. The summed E-state index contributed by atoms with van der Waals surface area (Å²) in [7, 11) is -3.38. The fourth-order valence-electron chi connectivity index (χ4n) is 1.68. The predicted octanol–water partition coefficient (Wildman–Crippen LogP) is 1.73. The molecule has 1 aromatic rings. The average Bonchev–Trinajstić information content (AvgIpc) is 2.30. The van der Waals surface area contributed by atoms with Crippen LogP contribution < -0.4 is 10.5 Å². The van der Waals surface area contributed by atoms with Crippen LogP contribution in [-0.4, -0.2) is 20.2 Å². The largest absolute Gasteiger partial charge is 0.329 e. The number of para-hydroxylation sites is 1. The number of sulfonamides is 1. The molecule has 0 saturated carbocycles. The molecule has 4 nitrogen and oxygen atoms in total. The molecule has 1 aromatic carbocycles. The summed E-state index contributed by atoms with van der Waals surface area (Å²) < 4.78 is 26.7. The lowest BCUT2D eigenvalue weighted by Crippen LogP contribution is -2.33. The van der Waals surface area contributed by atoms with E-state index < -0.39 is 15.3 Å². The maximum Gasteiger partial charge on any atom is 0.236 e. The molecule has 0 heterocycles. The SMILES string of the molecule is CCc1ccccc1NS(=O)(=O)C(CC)CN. The van der Waals surface area contributed by atoms with E-state index in [0.717, 1.165) is 12.0 Å². The Balaban J connectivity index is 2.97. The molecule has 96 valence electrons. The van der Waals surface area contributed by atoms with Crippen molar-refractivity contribution in [2.45, 2.75) is 31.9 Å². The first kappa shape index (κ1) is 14.0. The monoisotopic (exact) mass is 256 g/mol. The van der Waals surface area contributed by atoms with Crippen LogP contribution in [-0.2, 0) is 16.4 Å². The molecule has 0 fully saturated rings. The van der Waals surface area contributed by atoms with Crippen LogP contribution in [0.15, 0.2) is 24.3 Å². The van der Waals surface area contributed by atoms with Gasteiger partial charge in [0.2, 0.25) is 10.0 Å². The lowest BCUT2D eigenvalue weighted by atomic mass is 10.1. The number of nitrogens with one attached hydrogen (secondary N) is 1. The molecule has 0 bridgehead atoms. The van der Waals surface area contributed by atoms with Gasteiger partial charge in [0.15, 0.2) is 0 Å². The Kier molecular flexibility index (Phi) is 4.96. The first-order chi connectivity index (χ1) is 8.05. The van der Waals surface area contributed by atoms with Crippen LogP contribution in [0.4, 0.5) is 5.69 Å². The third-order valence-electron chi connectivity index (χ3n) is 2.81. The third kappa shape index (κ3) is 3.44. The number of benzene rings is 1. The molecule has 0 aliphatic heterocycles. The normalized spacial score (nSPS) is 13.4. The highest BCUT2D eigenvalue weighted by Crippen LogP contribution is 2.19. The van der Waals surface area contributed by atoms with Crippen molar-refractivity contribution in [3.8, 4) is 0 Å². The van der Waals surface area contributed by atoms with Crippen LogP contribution in [0.2, 0.25) is 0 Å². The lowest BCUT2D eigenvalue weighted by molar-refractivity contribution is 0.581. The summed E-state index contributed by atoms with van der Waals surface area (Å²) in [6.45, 7) is 3.95. The van der Waals surface area contributed by atoms with Gasteiger partial charge in [0.05, 0.1) is 10.9 Å².